The first kappa shape index (κ1) is 17.2. The third kappa shape index (κ3) is 6.28. The second-order valence-electron chi connectivity index (χ2n) is 5.55. The molecule has 1 unspecified atom stereocenters. The number of benzene rings is 1. The SMILES string of the molecule is CN=C(NCCSCc1ccc(C)cc1)NCC1CCCO1. The zero-order chi connectivity index (χ0) is 15.6. The van der Waals surface area contributed by atoms with E-state index < -0.39 is 0 Å². The van der Waals surface area contributed by atoms with Gasteiger partial charge in [-0.15, -0.1) is 0 Å². The normalized spacial score (nSPS) is 18.5. The maximum absolute atomic E-state index is 5.60. The summed E-state index contributed by atoms with van der Waals surface area (Å²) in [5.74, 6) is 2.99. The van der Waals surface area contributed by atoms with Gasteiger partial charge in [0.15, 0.2) is 5.96 Å². The molecule has 2 rings (SSSR count). The second-order valence-corrected chi connectivity index (χ2v) is 6.66. The van der Waals surface area contributed by atoms with Gasteiger partial charge in [-0.3, -0.25) is 4.99 Å². The smallest absolute Gasteiger partial charge is 0.191 e. The predicted molar refractivity (Wildman–Crippen MR) is 95.7 cm³/mol. The number of hydrogen-bond acceptors (Lipinski definition) is 3. The van der Waals surface area contributed by atoms with Crippen molar-refractivity contribution in [2.75, 3.05) is 32.5 Å². The molecule has 1 aliphatic rings. The summed E-state index contributed by atoms with van der Waals surface area (Å²) in [6, 6.07) is 8.76. The molecule has 0 aromatic heterocycles. The van der Waals surface area contributed by atoms with Crippen LogP contribution < -0.4 is 10.6 Å². The minimum absolute atomic E-state index is 0.342. The van der Waals surface area contributed by atoms with Crippen LogP contribution in [-0.2, 0) is 10.5 Å². The molecule has 5 heteroatoms. The predicted octanol–water partition coefficient (Wildman–Crippen LogP) is 2.57. The molecule has 0 amide bonds. The molecule has 1 fully saturated rings. The van der Waals surface area contributed by atoms with Gasteiger partial charge in [0.2, 0.25) is 0 Å². The van der Waals surface area contributed by atoms with Gasteiger partial charge >= 0.3 is 0 Å². The molecule has 0 spiro atoms. The van der Waals surface area contributed by atoms with E-state index in [1.807, 2.05) is 18.8 Å². The largest absolute Gasteiger partial charge is 0.376 e. The van der Waals surface area contributed by atoms with Gasteiger partial charge in [-0.1, -0.05) is 29.8 Å². The Hall–Kier alpha value is -1.20. The first-order valence-corrected chi connectivity index (χ1v) is 9.13. The maximum Gasteiger partial charge on any atom is 0.191 e. The van der Waals surface area contributed by atoms with Crippen molar-refractivity contribution in [3.05, 3.63) is 35.4 Å². The van der Waals surface area contributed by atoms with Gasteiger partial charge in [0.05, 0.1) is 6.10 Å². The molecule has 0 radical (unpaired) electrons. The van der Waals surface area contributed by atoms with Crippen LogP contribution >= 0.6 is 11.8 Å². The van der Waals surface area contributed by atoms with Crippen molar-refractivity contribution in [1.82, 2.24) is 10.6 Å². The fourth-order valence-corrected chi connectivity index (χ4v) is 3.17. The van der Waals surface area contributed by atoms with Crippen molar-refractivity contribution in [2.45, 2.75) is 31.6 Å². The van der Waals surface area contributed by atoms with Gasteiger partial charge < -0.3 is 15.4 Å². The first-order valence-electron chi connectivity index (χ1n) is 7.97. The highest BCUT2D eigenvalue weighted by Crippen LogP contribution is 2.12. The van der Waals surface area contributed by atoms with Gasteiger partial charge in [-0.25, -0.2) is 0 Å². The Labute approximate surface area is 138 Å². The van der Waals surface area contributed by atoms with Crippen LogP contribution in [0.4, 0.5) is 0 Å². The van der Waals surface area contributed by atoms with E-state index in [4.69, 9.17) is 4.74 Å². The molecular weight excluding hydrogens is 294 g/mol. The molecule has 1 heterocycles. The highest BCUT2D eigenvalue weighted by atomic mass is 32.2. The number of ether oxygens (including phenoxy) is 1. The summed E-state index contributed by atoms with van der Waals surface area (Å²) in [6.45, 7) is 4.78. The number of guanidine groups is 1. The summed E-state index contributed by atoms with van der Waals surface area (Å²) in [6.07, 6.45) is 2.67. The monoisotopic (exact) mass is 321 g/mol. The molecule has 4 nitrogen and oxygen atoms in total. The lowest BCUT2D eigenvalue weighted by Gasteiger charge is -2.14. The number of aryl methyl sites for hydroxylation is 1. The summed E-state index contributed by atoms with van der Waals surface area (Å²) in [5, 5.41) is 6.68. The fraction of sp³-hybridized carbons (Fsp3) is 0.588. The van der Waals surface area contributed by atoms with Crippen molar-refractivity contribution in [1.29, 1.82) is 0 Å². The van der Waals surface area contributed by atoms with Crippen LogP contribution in [0.3, 0.4) is 0 Å². The Morgan fingerprint density at radius 1 is 1.32 bits per heavy atom. The van der Waals surface area contributed by atoms with Crippen molar-refractivity contribution >= 4 is 17.7 Å². The van der Waals surface area contributed by atoms with Crippen LogP contribution in [0.2, 0.25) is 0 Å². The van der Waals surface area contributed by atoms with E-state index in [0.29, 0.717) is 6.10 Å². The molecule has 0 bridgehead atoms. The third-order valence-corrected chi connectivity index (χ3v) is 4.70. The maximum atomic E-state index is 5.60. The van der Waals surface area contributed by atoms with Crippen LogP contribution in [0.5, 0.6) is 0 Å². The lowest BCUT2D eigenvalue weighted by Crippen LogP contribution is -2.41. The Bertz CT molecular complexity index is 455. The van der Waals surface area contributed by atoms with Crippen molar-refractivity contribution in [3.8, 4) is 0 Å². The standard InChI is InChI=1S/C17H27N3OS/c1-14-5-7-15(8-6-14)13-22-11-9-19-17(18-2)20-12-16-4-3-10-21-16/h5-8,16H,3-4,9-13H2,1-2H3,(H2,18,19,20). The Morgan fingerprint density at radius 3 is 2.82 bits per heavy atom. The molecule has 1 atom stereocenters. The van der Waals surface area contributed by atoms with Gasteiger partial charge in [0.25, 0.3) is 0 Å². The molecule has 122 valence electrons. The van der Waals surface area contributed by atoms with E-state index in [1.54, 1.807) is 0 Å². The van der Waals surface area contributed by atoms with Crippen LogP contribution in [-0.4, -0.2) is 44.6 Å². The van der Waals surface area contributed by atoms with Crippen molar-refractivity contribution in [2.24, 2.45) is 4.99 Å². The Kier molecular flexibility index (Phi) is 7.60. The molecule has 1 aromatic rings. The van der Waals surface area contributed by atoms with E-state index in [-0.39, 0.29) is 0 Å². The molecule has 1 aliphatic heterocycles. The first-order chi connectivity index (χ1) is 10.8. The minimum atomic E-state index is 0.342. The van der Waals surface area contributed by atoms with Gasteiger partial charge in [0, 0.05) is 38.2 Å². The van der Waals surface area contributed by atoms with Gasteiger partial charge in [-0.05, 0) is 25.3 Å². The quantitative estimate of drug-likeness (QED) is 0.460. The lowest BCUT2D eigenvalue weighted by molar-refractivity contribution is 0.114. The van der Waals surface area contributed by atoms with E-state index in [9.17, 15) is 0 Å². The van der Waals surface area contributed by atoms with E-state index >= 15 is 0 Å². The zero-order valence-electron chi connectivity index (χ0n) is 13.6. The average molecular weight is 321 g/mol. The number of nitrogens with one attached hydrogen (secondary N) is 2. The molecule has 1 saturated heterocycles. The lowest BCUT2D eigenvalue weighted by atomic mass is 10.2. The number of nitrogens with zero attached hydrogens (tertiary/aromatic N) is 1. The molecule has 1 aromatic carbocycles. The molecule has 22 heavy (non-hydrogen) atoms. The van der Waals surface area contributed by atoms with E-state index in [0.717, 1.165) is 43.6 Å². The highest BCUT2D eigenvalue weighted by Gasteiger charge is 2.15. The van der Waals surface area contributed by atoms with Crippen LogP contribution in [0.25, 0.3) is 0 Å². The number of thioether (sulfide) groups is 1. The average Bonchev–Trinajstić information content (AvgIpc) is 3.05. The number of hydrogen-bond donors (Lipinski definition) is 2. The van der Waals surface area contributed by atoms with Crippen molar-refractivity contribution in [3.63, 3.8) is 0 Å². The highest BCUT2D eigenvalue weighted by molar-refractivity contribution is 7.98. The molecule has 0 saturated carbocycles. The molecule has 2 N–H and O–H groups in total. The fourth-order valence-electron chi connectivity index (χ4n) is 2.35. The molecule has 0 aliphatic carbocycles. The summed E-state index contributed by atoms with van der Waals surface area (Å²) >= 11 is 1.94. The summed E-state index contributed by atoms with van der Waals surface area (Å²) in [5.41, 5.74) is 2.70. The third-order valence-electron chi connectivity index (χ3n) is 3.67. The van der Waals surface area contributed by atoms with Gasteiger partial charge in [-0.2, -0.15) is 11.8 Å². The van der Waals surface area contributed by atoms with E-state index in [1.165, 1.54) is 17.5 Å². The van der Waals surface area contributed by atoms with Crippen LogP contribution in [0.15, 0.2) is 29.3 Å². The minimum Gasteiger partial charge on any atom is -0.376 e. The number of rotatable bonds is 7. The van der Waals surface area contributed by atoms with Crippen LogP contribution in [0, 0.1) is 6.92 Å². The molecular formula is C17H27N3OS. The van der Waals surface area contributed by atoms with Crippen LogP contribution in [0.1, 0.15) is 24.0 Å². The Balaban J connectivity index is 1.55. The summed E-state index contributed by atoms with van der Waals surface area (Å²) in [7, 11) is 1.81. The van der Waals surface area contributed by atoms with Gasteiger partial charge in [0.1, 0.15) is 0 Å². The second kappa shape index (κ2) is 9.74. The summed E-state index contributed by atoms with van der Waals surface area (Å²) < 4.78 is 5.60. The number of aliphatic imine (C=N–C) groups is 1. The zero-order valence-corrected chi connectivity index (χ0v) is 14.4. The van der Waals surface area contributed by atoms with Crippen molar-refractivity contribution < 1.29 is 4.74 Å². The topological polar surface area (TPSA) is 45.7 Å². The summed E-state index contributed by atoms with van der Waals surface area (Å²) in [4.78, 5) is 4.24. The van der Waals surface area contributed by atoms with E-state index in [2.05, 4.69) is 46.8 Å². The Morgan fingerprint density at radius 2 is 2.14 bits per heavy atom.